The van der Waals surface area contributed by atoms with Crippen LogP contribution in [0.25, 0.3) is 0 Å². The minimum atomic E-state index is 0.886. The van der Waals surface area contributed by atoms with E-state index in [0.717, 1.165) is 29.6 Å². The quantitative estimate of drug-likeness (QED) is 0.367. The van der Waals surface area contributed by atoms with E-state index in [4.69, 9.17) is 0 Å². The summed E-state index contributed by atoms with van der Waals surface area (Å²) in [7, 11) is 0. The summed E-state index contributed by atoms with van der Waals surface area (Å²) in [5.74, 6) is 2.07. The Labute approximate surface area is 115 Å². The van der Waals surface area contributed by atoms with Crippen molar-refractivity contribution >= 4 is 11.8 Å². The van der Waals surface area contributed by atoms with Crippen molar-refractivity contribution in [2.75, 3.05) is 5.75 Å². The zero-order valence-electron chi connectivity index (χ0n) is 11.5. The largest absolute Gasteiger partial charge is 0.262 e. The van der Waals surface area contributed by atoms with Crippen LogP contribution in [-0.4, -0.2) is 20.9 Å². The normalized spacial score (nSPS) is 10.7. The molecule has 1 N–H and O–H groups in total. The van der Waals surface area contributed by atoms with E-state index < -0.39 is 0 Å². The number of unbranched alkanes of at least 4 members (excludes halogenated alkanes) is 6. The molecular formula is C14H25N3S. The number of H-pyrrole nitrogens is 1. The van der Waals surface area contributed by atoms with Gasteiger partial charge in [-0.1, -0.05) is 50.4 Å². The van der Waals surface area contributed by atoms with E-state index in [-0.39, 0.29) is 0 Å². The van der Waals surface area contributed by atoms with Gasteiger partial charge in [0.25, 0.3) is 0 Å². The van der Waals surface area contributed by atoms with Crippen LogP contribution < -0.4 is 0 Å². The average Bonchev–Trinajstić information content (AvgIpc) is 2.81. The monoisotopic (exact) mass is 267 g/mol. The number of nitrogens with zero attached hydrogens (tertiary/aromatic N) is 2. The summed E-state index contributed by atoms with van der Waals surface area (Å²) in [6, 6.07) is 0. The van der Waals surface area contributed by atoms with Gasteiger partial charge < -0.3 is 0 Å². The number of rotatable bonds is 11. The molecule has 0 saturated carbocycles. The summed E-state index contributed by atoms with van der Waals surface area (Å²) in [6.45, 7) is 5.86. The molecule has 1 heterocycles. The van der Waals surface area contributed by atoms with Crippen LogP contribution in [0.15, 0.2) is 17.8 Å². The Morgan fingerprint density at radius 1 is 1.17 bits per heavy atom. The van der Waals surface area contributed by atoms with Gasteiger partial charge in [0, 0.05) is 6.42 Å². The first kappa shape index (κ1) is 15.3. The lowest BCUT2D eigenvalue weighted by atomic mass is 10.1. The minimum Gasteiger partial charge on any atom is -0.262 e. The first-order valence-corrected chi connectivity index (χ1v) is 8.00. The summed E-state index contributed by atoms with van der Waals surface area (Å²) in [5.41, 5.74) is 0. The number of thioether (sulfide) groups is 1. The number of allylic oxidation sites excluding steroid dienone is 1. The molecule has 0 bridgehead atoms. The van der Waals surface area contributed by atoms with E-state index in [9.17, 15) is 0 Å². The molecule has 0 aromatic carbocycles. The summed E-state index contributed by atoms with van der Waals surface area (Å²) < 4.78 is 0. The van der Waals surface area contributed by atoms with Gasteiger partial charge in [0.1, 0.15) is 5.82 Å². The maximum atomic E-state index is 4.44. The lowest BCUT2D eigenvalue weighted by Crippen LogP contribution is -1.89. The average molecular weight is 267 g/mol. The smallest absolute Gasteiger partial charge is 0.208 e. The summed E-state index contributed by atoms with van der Waals surface area (Å²) in [5, 5.41) is 8.07. The van der Waals surface area contributed by atoms with E-state index in [2.05, 4.69) is 28.7 Å². The number of aromatic nitrogens is 3. The second kappa shape index (κ2) is 10.2. The third kappa shape index (κ3) is 6.84. The third-order valence-corrected chi connectivity index (χ3v) is 3.59. The maximum Gasteiger partial charge on any atom is 0.208 e. The maximum absolute atomic E-state index is 4.44. The molecule has 0 unspecified atom stereocenters. The number of aryl methyl sites for hydroxylation is 1. The second-order valence-electron chi connectivity index (χ2n) is 4.45. The van der Waals surface area contributed by atoms with Crippen LogP contribution >= 0.6 is 11.8 Å². The van der Waals surface area contributed by atoms with E-state index >= 15 is 0 Å². The highest BCUT2D eigenvalue weighted by atomic mass is 32.2. The Bertz CT molecular complexity index is 323. The molecule has 0 fully saturated rings. The lowest BCUT2D eigenvalue weighted by Gasteiger charge is -1.99. The molecule has 0 amide bonds. The van der Waals surface area contributed by atoms with Crippen molar-refractivity contribution in [1.29, 1.82) is 0 Å². The van der Waals surface area contributed by atoms with E-state index in [1.165, 1.54) is 38.5 Å². The van der Waals surface area contributed by atoms with Crippen molar-refractivity contribution < 1.29 is 0 Å². The molecule has 4 heteroatoms. The van der Waals surface area contributed by atoms with Crippen LogP contribution in [0.1, 0.15) is 57.7 Å². The topological polar surface area (TPSA) is 41.6 Å². The van der Waals surface area contributed by atoms with Gasteiger partial charge in [0.2, 0.25) is 5.16 Å². The second-order valence-corrected chi connectivity index (χ2v) is 5.68. The molecular weight excluding hydrogens is 242 g/mol. The summed E-state index contributed by atoms with van der Waals surface area (Å²) in [6.07, 6.45) is 12.0. The van der Waals surface area contributed by atoms with Crippen molar-refractivity contribution in [3.8, 4) is 0 Å². The Hall–Kier alpha value is -0.770. The lowest BCUT2D eigenvalue weighted by molar-refractivity contribution is 0.591. The molecule has 1 aromatic rings. The van der Waals surface area contributed by atoms with Crippen LogP contribution in [0.4, 0.5) is 0 Å². The first-order chi connectivity index (χ1) is 8.86. The third-order valence-electron chi connectivity index (χ3n) is 2.86. The fourth-order valence-corrected chi connectivity index (χ4v) is 2.41. The van der Waals surface area contributed by atoms with Gasteiger partial charge in [-0.3, -0.25) is 5.10 Å². The predicted molar refractivity (Wildman–Crippen MR) is 79.0 cm³/mol. The van der Waals surface area contributed by atoms with Crippen LogP contribution in [0.2, 0.25) is 0 Å². The fourth-order valence-electron chi connectivity index (χ4n) is 1.87. The van der Waals surface area contributed by atoms with Crippen molar-refractivity contribution in [2.24, 2.45) is 0 Å². The molecule has 1 rings (SSSR count). The molecule has 18 heavy (non-hydrogen) atoms. The van der Waals surface area contributed by atoms with Crippen molar-refractivity contribution in [3.05, 3.63) is 18.5 Å². The van der Waals surface area contributed by atoms with Crippen LogP contribution in [0, 0.1) is 0 Å². The first-order valence-electron chi connectivity index (χ1n) is 7.01. The van der Waals surface area contributed by atoms with Gasteiger partial charge >= 0.3 is 0 Å². The molecule has 0 spiro atoms. The van der Waals surface area contributed by atoms with Crippen LogP contribution in [-0.2, 0) is 6.42 Å². The molecule has 1 aromatic heterocycles. The predicted octanol–water partition coefficient (Wildman–Crippen LogP) is 4.38. The molecule has 0 radical (unpaired) electrons. The fraction of sp³-hybridized carbons (Fsp3) is 0.714. The Morgan fingerprint density at radius 3 is 2.61 bits per heavy atom. The highest BCUT2D eigenvalue weighted by molar-refractivity contribution is 7.99. The van der Waals surface area contributed by atoms with Gasteiger partial charge in [-0.15, -0.1) is 11.7 Å². The van der Waals surface area contributed by atoms with Gasteiger partial charge in [0.05, 0.1) is 0 Å². The standard InChI is InChI=1S/C14H25N3S/c1-3-5-6-7-8-9-10-11-12-13-15-14(17-16-13)18-4-2/h3H,1,4-12H2,2H3,(H,15,16,17). The highest BCUT2D eigenvalue weighted by Crippen LogP contribution is 2.13. The molecule has 0 aliphatic carbocycles. The Kier molecular flexibility index (Phi) is 8.65. The highest BCUT2D eigenvalue weighted by Gasteiger charge is 2.02. The number of aromatic amines is 1. The van der Waals surface area contributed by atoms with Crippen LogP contribution in [0.5, 0.6) is 0 Å². The summed E-state index contributed by atoms with van der Waals surface area (Å²) >= 11 is 1.69. The van der Waals surface area contributed by atoms with Crippen LogP contribution in [0.3, 0.4) is 0 Å². The Balaban J connectivity index is 1.98. The Morgan fingerprint density at radius 2 is 1.89 bits per heavy atom. The van der Waals surface area contributed by atoms with E-state index in [1.807, 2.05) is 6.08 Å². The number of hydrogen-bond donors (Lipinski definition) is 1. The zero-order valence-corrected chi connectivity index (χ0v) is 12.3. The van der Waals surface area contributed by atoms with Crippen molar-refractivity contribution in [3.63, 3.8) is 0 Å². The molecule has 0 atom stereocenters. The van der Waals surface area contributed by atoms with E-state index in [0.29, 0.717) is 0 Å². The van der Waals surface area contributed by atoms with Gasteiger partial charge in [0.15, 0.2) is 0 Å². The molecule has 3 nitrogen and oxygen atoms in total. The van der Waals surface area contributed by atoms with E-state index in [1.54, 1.807) is 11.8 Å². The van der Waals surface area contributed by atoms with Crippen molar-refractivity contribution in [1.82, 2.24) is 15.2 Å². The minimum absolute atomic E-state index is 0.886. The number of nitrogens with one attached hydrogen (secondary N) is 1. The van der Waals surface area contributed by atoms with Gasteiger partial charge in [-0.25, -0.2) is 4.98 Å². The molecule has 0 aliphatic rings. The summed E-state index contributed by atoms with van der Waals surface area (Å²) in [4.78, 5) is 4.44. The molecule has 102 valence electrons. The molecule has 0 aliphatic heterocycles. The van der Waals surface area contributed by atoms with Crippen molar-refractivity contribution in [2.45, 2.75) is 63.4 Å². The SMILES string of the molecule is C=CCCCCCCCCc1nc(SCC)n[nH]1. The zero-order chi connectivity index (χ0) is 13.1. The van der Waals surface area contributed by atoms with Gasteiger partial charge in [-0.2, -0.15) is 0 Å². The number of hydrogen-bond acceptors (Lipinski definition) is 3. The molecule has 0 saturated heterocycles. The van der Waals surface area contributed by atoms with Gasteiger partial charge in [-0.05, 0) is 25.0 Å².